The van der Waals surface area contributed by atoms with Gasteiger partial charge in [-0.2, -0.15) is 0 Å². The molecule has 0 heterocycles. The molecule has 2 N–H and O–H groups in total. The predicted octanol–water partition coefficient (Wildman–Crippen LogP) is 5.68. The topological polar surface area (TPSA) is 67.4 Å². The fourth-order valence-electron chi connectivity index (χ4n) is 2.60. The third kappa shape index (κ3) is 5.82. The number of hydrogen-bond acceptors (Lipinski definition) is 3. The van der Waals surface area contributed by atoms with E-state index in [1.54, 1.807) is 48.5 Å². The number of carbonyl (C=O) groups is 2. The second kappa shape index (κ2) is 9.58. The zero-order valence-electron chi connectivity index (χ0n) is 15.5. The summed E-state index contributed by atoms with van der Waals surface area (Å²) in [5.74, 6) is -0.0742. The van der Waals surface area contributed by atoms with Gasteiger partial charge in [0.25, 0.3) is 11.8 Å². The van der Waals surface area contributed by atoms with Crippen molar-refractivity contribution in [3.8, 4) is 5.75 Å². The Kier molecular flexibility index (Phi) is 6.90. The number of benzene rings is 3. The second-order valence-electron chi connectivity index (χ2n) is 6.26. The molecule has 148 valence electrons. The molecule has 3 aromatic rings. The maximum atomic E-state index is 12.3. The number of anilines is 2. The number of carbonyl (C=O) groups excluding carboxylic acids is 2. The van der Waals surface area contributed by atoms with E-state index in [1.165, 1.54) is 0 Å². The molecule has 7 heteroatoms. The van der Waals surface area contributed by atoms with Gasteiger partial charge < -0.3 is 15.4 Å². The Morgan fingerprint density at radius 1 is 1.00 bits per heavy atom. The van der Waals surface area contributed by atoms with E-state index in [4.69, 9.17) is 16.3 Å². The molecule has 5 nitrogen and oxygen atoms in total. The number of halogens is 2. The molecular formula is C22H18BrClN2O3. The van der Waals surface area contributed by atoms with Gasteiger partial charge in [0, 0.05) is 21.4 Å². The van der Waals surface area contributed by atoms with Gasteiger partial charge in [-0.1, -0.05) is 45.7 Å². The summed E-state index contributed by atoms with van der Waals surface area (Å²) in [6.45, 7) is 1.68. The molecule has 3 rings (SSSR count). The summed E-state index contributed by atoms with van der Waals surface area (Å²) in [5.41, 5.74) is 2.68. The first-order chi connectivity index (χ1) is 13.9. The number of amides is 2. The minimum atomic E-state index is -0.315. The van der Waals surface area contributed by atoms with Gasteiger partial charge in [0.05, 0.1) is 5.02 Å². The van der Waals surface area contributed by atoms with Crippen LogP contribution in [-0.2, 0) is 4.79 Å². The molecule has 0 aromatic heterocycles. The van der Waals surface area contributed by atoms with Gasteiger partial charge >= 0.3 is 0 Å². The smallest absolute Gasteiger partial charge is 0.262 e. The van der Waals surface area contributed by atoms with Gasteiger partial charge in [-0.05, 0) is 61.0 Å². The Morgan fingerprint density at radius 3 is 2.45 bits per heavy atom. The molecule has 0 saturated heterocycles. The van der Waals surface area contributed by atoms with Gasteiger partial charge in [0.1, 0.15) is 5.75 Å². The lowest BCUT2D eigenvalue weighted by Crippen LogP contribution is -2.20. The first-order valence-electron chi connectivity index (χ1n) is 8.77. The molecular weight excluding hydrogens is 456 g/mol. The predicted molar refractivity (Wildman–Crippen MR) is 119 cm³/mol. The largest absolute Gasteiger partial charge is 0.482 e. The van der Waals surface area contributed by atoms with E-state index >= 15 is 0 Å². The van der Waals surface area contributed by atoms with Crippen LogP contribution >= 0.6 is 27.5 Å². The Hall–Kier alpha value is -2.83. The molecule has 0 aliphatic heterocycles. The molecule has 2 amide bonds. The van der Waals surface area contributed by atoms with Gasteiger partial charge in [-0.3, -0.25) is 9.59 Å². The SMILES string of the molecule is Cc1cc(NC(=O)COc2ccc(Br)cc2Cl)ccc1NC(=O)c1ccccc1. The van der Waals surface area contributed by atoms with Crippen molar-refractivity contribution in [1.29, 1.82) is 0 Å². The second-order valence-corrected chi connectivity index (χ2v) is 7.58. The highest BCUT2D eigenvalue weighted by atomic mass is 79.9. The molecule has 0 unspecified atom stereocenters. The first kappa shape index (κ1) is 20.9. The lowest BCUT2D eigenvalue weighted by atomic mass is 10.1. The highest BCUT2D eigenvalue weighted by molar-refractivity contribution is 9.10. The van der Waals surface area contributed by atoms with Crippen molar-refractivity contribution in [1.82, 2.24) is 0 Å². The molecule has 0 fully saturated rings. The Balaban J connectivity index is 1.58. The van der Waals surface area contributed by atoms with Crippen molar-refractivity contribution in [2.45, 2.75) is 6.92 Å². The van der Waals surface area contributed by atoms with E-state index in [1.807, 2.05) is 25.1 Å². The summed E-state index contributed by atoms with van der Waals surface area (Å²) in [7, 11) is 0. The average Bonchev–Trinajstić information content (AvgIpc) is 2.70. The van der Waals surface area contributed by atoms with Crippen LogP contribution in [0.1, 0.15) is 15.9 Å². The minimum Gasteiger partial charge on any atom is -0.482 e. The fourth-order valence-corrected chi connectivity index (χ4v) is 3.33. The lowest BCUT2D eigenvalue weighted by molar-refractivity contribution is -0.118. The van der Waals surface area contributed by atoms with E-state index < -0.39 is 0 Å². The van der Waals surface area contributed by atoms with Crippen LogP contribution in [0.2, 0.25) is 5.02 Å². The first-order valence-corrected chi connectivity index (χ1v) is 9.94. The van der Waals surface area contributed by atoms with E-state index in [-0.39, 0.29) is 18.4 Å². The van der Waals surface area contributed by atoms with E-state index in [0.29, 0.717) is 27.7 Å². The summed E-state index contributed by atoms with van der Waals surface area (Å²) >= 11 is 9.39. The molecule has 0 atom stereocenters. The summed E-state index contributed by atoms with van der Waals surface area (Å²) in [6.07, 6.45) is 0. The van der Waals surface area contributed by atoms with Crippen LogP contribution in [0.5, 0.6) is 5.75 Å². The molecule has 29 heavy (non-hydrogen) atoms. The number of ether oxygens (including phenoxy) is 1. The zero-order valence-corrected chi connectivity index (χ0v) is 17.9. The average molecular weight is 474 g/mol. The van der Waals surface area contributed by atoms with Crippen molar-refractivity contribution in [2.75, 3.05) is 17.2 Å². The summed E-state index contributed by atoms with van der Waals surface area (Å²) in [4.78, 5) is 24.5. The van der Waals surface area contributed by atoms with Gasteiger partial charge in [-0.15, -0.1) is 0 Å². The van der Waals surface area contributed by atoms with Crippen molar-refractivity contribution in [3.05, 3.63) is 87.4 Å². The van der Waals surface area contributed by atoms with E-state index in [0.717, 1.165) is 10.0 Å². The summed E-state index contributed by atoms with van der Waals surface area (Å²) in [6, 6.07) is 19.4. The molecule has 0 saturated carbocycles. The van der Waals surface area contributed by atoms with Crippen molar-refractivity contribution < 1.29 is 14.3 Å². The molecule has 0 spiro atoms. The van der Waals surface area contributed by atoms with Gasteiger partial charge in [-0.25, -0.2) is 0 Å². The summed E-state index contributed by atoms with van der Waals surface area (Å²) < 4.78 is 6.29. The van der Waals surface area contributed by atoms with Crippen LogP contribution in [0, 0.1) is 6.92 Å². The minimum absolute atomic E-state index is 0.174. The van der Waals surface area contributed by atoms with Crippen LogP contribution in [0.15, 0.2) is 71.2 Å². The standard InChI is InChI=1S/C22H18BrClN2O3/c1-14-11-17(8-9-19(14)26-22(28)15-5-3-2-4-6-15)25-21(27)13-29-20-10-7-16(23)12-18(20)24/h2-12H,13H2,1H3,(H,25,27)(H,26,28). The van der Waals surface area contributed by atoms with Crippen molar-refractivity contribution in [3.63, 3.8) is 0 Å². The molecule has 0 bridgehead atoms. The maximum Gasteiger partial charge on any atom is 0.262 e. The third-order valence-electron chi connectivity index (χ3n) is 4.05. The van der Waals surface area contributed by atoms with Crippen molar-refractivity contribution >= 4 is 50.7 Å². The fraction of sp³-hybridized carbons (Fsp3) is 0.0909. The lowest BCUT2D eigenvalue weighted by Gasteiger charge is -2.12. The highest BCUT2D eigenvalue weighted by Crippen LogP contribution is 2.27. The molecule has 0 aliphatic rings. The highest BCUT2D eigenvalue weighted by Gasteiger charge is 2.10. The Bertz CT molecular complexity index is 1040. The normalized spacial score (nSPS) is 10.3. The third-order valence-corrected chi connectivity index (χ3v) is 4.84. The van der Waals surface area contributed by atoms with Gasteiger partial charge in [0.15, 0.2) is 6.61 Å². The van der Waals surface area contributed by atoms with Crippen LogP contribution in [0.4, 0.5) is 11.4 Å². The Morgan fingerprint density at radius 2 is 1.76 bits per heavy atom. The maximum absolute atomic E-state index is 12.3. The number of hydrogen-bond donors (Lipinski definition) is 2. The van der Waals surface area contributed by atoms with Gasteiger partial charge in [0.2, 0.25) is 0 Å². The van der Waals surface area contributed by atoms with Crippen LogP contribution in [0.25, 0.3) is 0 Å². The summed E-state index contributed by atoms with van der Waals surface area (Å²) in [5, 5.41) is 6.05. The van der Waals surface area contributed by atoms with Crippen LogP contribution in [0.3, 0.4) is 0 Å². The zero-order chi connectivity index (χ0) is 20.8. The quantitative estimate of drug-likeness (QED) is 0.484. The van der Waals surface area contributed by atoms with Crippen molar-refractivity contribution in [2.24, 2.45) is 0 Å². The molecule has 0 radical (unpaired) electrons. The van der Waals surface area contributed by atoms with Crippen LogP contribution < -0.4 is 15.4 Å². The van der Waals surface area contributed by atoms with Crippen LogP contribution in [-0.4, -0.2) is 18.4 Å². The molecule has 0 aliphatic carbocycles. The Labute approximate surface area is 182 Å². The number of nitrogens with one attached hydrogen (secondary N) is 2. The van der Waals surface area contributed by atoms with E-state index in [2.05, 4.69) is 26.6 Å². The molecule has 3 aromatic carbocycles. The monoisotopic (exact) mass is 472 g/mol. The number of rotatable bonds is 6. The number of aryl methyl sites for hydroxylation is 1. The van der Waals surface area contributed by atoms with E-state index in [9.17, 15) is 9.59 Å².